The third-order valence-electron chi connectivity index (χ3n) is 8.66. The molecule has 188 valence electrons. The van der Waals surface area contributed by atoms with E-state index in [1.165, 1.54) is 6.07 Å². The minimum atomic E-state index is -0.464. The first-order valence-electron chi connectivity index (χ1n) is 13.4. The van der Waals surface area contributed by atoms with Gasteiger partial charge >= 0.3 is 0 Å². The minimum absolute atomic E-state index is 0.0794. The molecule has 0 unspecified atom stereocenters. The van der Waals surface area contributed by atoms with Gasteiger partial charge in [0, 0.05) is 45.8 Å². The molecule has 0 spiro atoms. The van der Waals surface area contributed by atoms with Crippen LogP contribution < -0.4 is 0 Å². The molecule has 1 N–H and O–H groups in total. The molecule has 2 heterocycles. The Bertz CT molecular complexity index is 1450. The molecule has 1 saturated carbocycles. The highest BCUT2D eigenvalue weighted by atomic mass is 19.1. The highest BCUT2D eigenvalue weighted by molar-refractivity contribution is 5.70. The summed E-state index contributed by atoms with van der Waals surface area (Å²) in [4.78, 5) is 14.7. The Morgan fingerprint density at radius 2 is 1.97 bits per heavy atom. The SMILES string of the molecule is CCC[C@H]1C(O)=C(C#N)C[C@@]2(C)c3nc(-c4ccnc(C5CC5)c4)nc(-c4ccccc4F)c3CC[C@H]12. The number of pyridine rings is 1. The number of aliphatic hydroxyl groups is 1. The second-order valence-corrected chi connectivity index (χ2v) is 11.1. The summed E-state index contributed by atoms with van der Waals surface area (Å²) in [6, 6.07) is 13.1. The lowest BCUT2D eigenvalue weighted by Gasteiger charge is -2.49. The minimum Gasteiger partial charge on any atom is -0.511 e. The zero-order chi connectivity index (χ0) is 25.7. The van der Waals surface area contributed by atoms with Gasteiger partial charge in [0.25, 0.3) is 0 Å². The zero-order valence-corrected chi connectivity index (χ0v) is 21.3. The summed E-state index contributed by atoms with van der Waals surface area (Å²) < 4.78 is 15.2. The van der Waals surface area contributed by atoms with Crippen LogP contribution in [0, 0.1) is 29.0 Å². The number of allylic oxidation sites excluding steroid dienone is 2. The van der Waals surface area contributed by atoms with Crippen LogP contribution in [0.15, 0.2) is 53.9 Å². The molecule has 6 rings (SSSR count). The monoisotopic (exact) mass is 494 g/mol. The van der Waals surface area contributed by atoms with Crippen LogP contribution in [0.5, 0.6) is 0 Å². The van der Waals surface area contributed by atoms with Crippen LogP contribution in [0.2, 0.25) is 0 Å². The average molecular weight is 495 g/mol. The lowest BCUT2D eigenvalue weighted by molar-refractivity contribution is 0.118. The standard InChI is InChI=1S/C31H31FN4O/c1-3-6-21-24-12-11-23-27(22-7-4-5-8-25(22)32)35-30(19-13-14-34-26(15-19)18-9-10-18)36-29(23)31(24,2)16-20(17-33)28(21)37/h4-5,7-8,13-15,18,21,24,37H,3,6,9-12,16H2,1-2H3/t21-,24-,31-/m1/s1. The lowest BCUT2D eigenvalue weighted by atomic mass is 9.55. The fourth-order valence-corrected chi connectivity index (χ4v) is 6.66. The molecular weight excluding hydrogens is 463 g/mol. The van der Waals surface area contributed by atoms with Crippen LogP contribution in [0.3, 0.4) is 0 Å². The molecule has 37 heavy (non-hydrogen) atoms. The van der Waals surface area contributed by atoms with E-state index in [4.69, 9.17) is 9.97 Å². The van der Waals surface area contributed by atoms with Crippen LogP contribution in [0.4, 0.5) is 4.39 Å². The Balaban J connectivity index is 1.59. The number of nitrogens with zero attached hydrogens (tertiary/aromatic N) is 4. The van der Waals surface area contributed by atoms with Crippen LogP contribution in [-0.4, -0.2) is 20.1 Å². The van der Waals surface area contributed by atoms with E-state index in [-0.39, 0.29) is 23.4 Å². The van der Waals surface area contributed by atoms with Crippen molar-refractivity contribution in [3.05, 3.63) is 76.7 Å². The molecule has 0 aliphatic heterocycles. The van der Waals surface area contributed by atoms with Crippen molar-refractivity contribution in [1.82, 2.24) is 15.0 Å². The second-order valence-electron chi connectivity index (χ2n) is 11.1. The van der Waals surface area contributed by atoms with Gasteiger partial charge in [0.2, 0.25) is 0 Å². The van der Waals surface area contributed by atoms with Crippen molar-refractivity contribution >= 4 is 0 Å². The first-order chi connectivity index (χ1) is 17.9. The Labute approximate surface area is 217 Å². The van der Waals surface area contributed by atoms with Gasteiger partial charge in [-0.15, -0.1) is 0 Å². The number of aromatic nitrogens is 3. The number of hydrogen-bond donors (Lipinski definition) is 1. The van der Waals surface area contributed by atoms with Crippen molar-refractivity contribution in [3.63, 3.8) is 0 Å². The van der Waals surface area contributed by atoms with Crippen molar-refractivity contribution in [2.24, 2.45) is 11.8 Å². The van der Waals surface area contributed by atoms with Gasteiger partial charge in [-0.25, -0.2) is 14.4 Å². The van der Waals surface area contributed by atoms with E-state index < -0.39 is 5.41 Å². The Morgan fingerprint density at radius 3 is 2.70 bits per heavy atom. The number of rotatable bonds is 5. The number of aliphatic hydroxyl groups excluding tert-OH is 1. The van der Waals surface area contributed by atoms with Gasteiger partial charge < -0.3 is 5.11 Å². The molecule has 3 aliphatic carbocycles. The van der Waals surface area contributed by atoms with Gasteiger partial charge in [0.05, 0.1) is 23.0 Å². The van der Waals surface area contributed by atoms with Crippen LogP contribution in [-0.2, 0) is 11.8 Å². The van der Waals surface area contributed by atoms with Crippen LogP contribution in [0.25, 0.3) is 22.6 Å². The molecule has 5 nitrogen and oxygen atoms in total. The van der Waals surface area contributed by atoms with Gasteiger partial charge in [-0.1, -0.05) is 32.4 Å². The van der Waals surface area contributed by atoms with E-state index in [1.54, 1.807) is 12.1 Å². The Hall–Kier alpha value is -3.59. The largest absolute Gasteiger partial charge is 0.511 e. The predicted molar refractivity (Wildman–Crippen MR) is 140 cm³/mol. The van der Waals surface area contributed by atoms with Gasteiger partial charge in [-0.2, -0.15) is 5.26 Å². The molecule has 3 aliphatic rings. The molecule has 0 saturated heterocycles. The normalized spacial score (nSPS) is 24.8. The fraction of sp³-hybridized carbons (Fsp3) is 0.419. The van der Waals surface area contributed by atoms with E-state index in [2.05, 4.69) is 31.0 Å². The quantitative estimate of drug-likeness (QED) is 0.406. The molecular formula is C31H31FN4O. The number of hydrogen-bond acceptors (Lipinski definition) is 5. The summed E-state index contributed by atoms with van der Waals surface area (Å²) >= 11 is 0. The highest BCUT2D eigenvalue weighted by Gasteiger charge is 2.51. The molecule has 3 aromatic rings. The summed E-state index contributed by atoms with van der Waals surface area (Å²) in [6.45, 7) is 4.28. The summed E-state index contributed by atoms with van der Waals surface area (Å²) in [5.74, 6) is 1.06. The van der Waals surface area contributed by atoms with E-state index in [9.17, 15) is 10.4 Å². The Morgan fingerprint density at radius 1 is 1.16 bits per heavy atom. The number of fused-ring (bicyclic) bond motifs is 3. The predicted octanol–water partition coefficient (Wildman–Crippen LogP) is 7.20. The maximum atomic E-state index is 15.2. The fourth-order valence-electron chi connectivity index (χ4n) is 6.66. The molecule has 2 aromatic heterocycles. The second kappa shape index (κ2) is 9.06. The number of nitriles is 1. The van der Waals surface area contributed by atoms with Gasteiger partial charge in [0.15, 0.2) is 5.82 Å². The van der Waals surface area contributed by atoms with E-state index in [1.807, 2.05) is 18.3 Å². The van der Waals surface area contributed by atoms with Gasteiger partial charge in [0.1, 0.15) is 11.6 Å². The lowest BCUT2D eigenvalue weighted by Crippen LogP contribution is -2.46. The van der Waals surface area contributed by atoms with Gasteiger partial charge in [-0.3, -0.25) is 4.98 Å². The maximum absolute atomic E-state index is 15.2. The smallest absolute Gasteiger partial charge is 0.160 e. The molecule has 3 atom stereocenters. The summed E-state index contributed by atoms with van der Waals surface area (Å²) in [6.07, 6.45) is 7.81. The molecule has 6 heteroatoms. The number of halogens is 1. The van der Waals surface area contributed by atoms with Crippen LogP contribution >= 0.6 is 0 Å². The summed E-state index contributed by atoms with van der Waals surface area (Å²) in [5.41, 5.74) is 4.86. The summed E-state index contributed by atoms with van der Waals surface area (Å²) in [7, 11) is 0. The third kappa shape index (κ3) is 3.92. The highest BCUT2D eigenvalue weighted by Crippen LogP contribution is 2.55. The number of benzene rings is 1. The Kier molecular flexibility index (Phi) is 5.82. The molecule has 1 fully saturated rings. The van der Waals surface area contributed by atoms with Crippen molar-refractivity contribution in [2.75, 3.05) is 0 Å². The average Bonchev–Trinajstić information content (AvgIpc) is 3.76. The first kappa shape index (κ1) is 23.8. The molecule has 1 aromatic carbocycles. The summed E-state index contributed by atoms with van der Waals surface area (Å²) in [5, 5.41) is 21.0. The molecule has 0 amide bonds. The third-order valence-corrected chi connectivity index (χ3v) is 8.66. The van der Waals surface area contributed by atoms with Crippen molar-refractivity contribution in [1.29, 1.82) is 5.26 Å². The first-order valence-corrected chi connectivity index (χ1v) is 13.4. The molecule has 0 bridgehead atoms. The van der Waals surface area contributed by atoms with E-state index in [0.717, 1.165) is 54.6 Å². The van der Waals surface area contributed by atoms with Crippen molar-refractivity contribution in [3.8, 4) is 28.7 Å². The van der Waals surface area contributed by atoms with Crippen molar-refractivity contribution in [2.45, 2.75) is 70.1 Å². The molecule has 0 radical (unpaired) electrons. The van der Waals surface area contributed by atoms with E-state index >= 15 is 4.39 Å². The maximum Gasteiger partial charge on any atom is 0.160 e. The topological polar surface area (TPSA) is 82.7 Å². The van der Waals surface area contributed by atoms with Gasteiger partial charge in [-0.05, 0) is 68.7 Å². The van der Waals surface area contributed by atoms with Crippen LogP contribution in [0.1, 0.15) is 75.2 Å². The van der Waals surface area contributed by atoms with Crippen molar-refractivity contribution < 1.29 is 9.50 Å². The van der Waals surface area contributed by atoms with E-state index in [0.29, 0.717) is 41.4 Å². The zero-order valence-electron chi connectivity index (χ0n) is 21.3.